The average Bonchev–Trinajstić information content (AvgIpc) is 2.82. The minimum Gasteiger partial charge on any atom is -0.309 e. The summed E-state index contributed by atoms with van der Waals surface area (Å²) >= 11 is 0. The zero-order valence-electron chi connectivity index (χ0n) is 9.97. The molecule has 3 atom stereocenters. The van der Waals surface area contributed by atoms with Crippen LogP contribution >= 0.6 is 0 Å². The first kappa shape index (κ1) is 10.7. The quantitative estimate of drug-likeness (QED) is 0.784. The standard InChI is InChI=1S/C15H18N2/c1-2-11-7-13(9-16-8-11)15-14-6-4-3-5-12(14)10-17-15/h2,4,6-9,12,14-15,17H,1,3,5,10H2. The van der Waals surface area contributed by atoms with Crippen molar-refractivity contribution in [3.63, 3.8) is 0 Å². The Labute approximate surface area is 102 Å². The van der Waals surface area contributed by atoms with Crippen LogP contribution in [0.4, 0.5) is 0 Å². The number of pyridine rings is 1. The second-order valence-corrected chi connectivity index (χ2v) is 4.98. The van der Waals surface area contributed by atoms with Gasteiger partial charge in [-0.1, -0.05) is 24.8 Å². The summed E-state index contributed by atoms with van der Waals surface area (Å²) in [6, 6.07) is 2.63. The molecule has 1 aliphatic heterocycles. The lowest BCUT2D eigenvalue weighted by Gasteiger charge is -2.24. The summed E-state index contributed by atoms with van der Waals surface area (Å²) in [4.78, 5) is 4.30. The first-order chi connectivity index (χ1) is 8.38. The van der Waals surface area contributed by atoms with E-state index in [0.29, 0.717) is 12.0 Å². The van der Waals surface area contributed by atoms with Crippen molar-refractivity contribution in [1.82, 2.24) is 10.3 Å². The number of hydrogen-bond acceptors (Lipinski definition) is 2. The third kappa shape index (κ3) is 1.93. The Balaban J connectivity index is 1.90. The van der Waals surface area contributed by atoms with Gasteiger partial charge >= 0.3 is 0 Å². The molecule has 2 heteroatoms. The van der Waals surface area contributed by atoms with Gasteiger partial charge < -0.3 is 5.32 Å². The van der Waals surface area contributed by atoms with Gasteiger partial charge in [0.05, 0.1) is 0 Å². The Morgan fingerprint density at radius 3 is 3.24 bits per heavy atom. The zero-order chi connectivity index (χ0) is 11.7. The monoisotopic (exact) mass is 226 g/mol. The Kier molecular flexibility index (Phi) is 2.81. The number of rotatable bonds is 2. The van der Waals surface area contributed by atoms with E-state index >= 15 is 0 Å². The molecule has 3 rings (SSSR count). The lowest BCUT2D eigenvalue weighted by Crippen LogP contribution is -2.18. The largest absolute Gasteiger partial charge is 0.309 e. The van der Waals surface area contributed by atoms with Crippen LogP contribution < -0.4 is 5.32 Å². The highest BCUT2D eigenvalue weighted by Gasteiger charge is 2.35. The predicted molar refractivity (Wildman–Crippen MR) is 70.4 cm³/mol. The third-order valence-electron chi connectivity index (χ3n) is 3.97. The first-order valence-corrected chi connectivity index (χ1v) is 6.36. The summed E-state index contributed by atoms with van der Waals surface area (Å²) in [7, 11) is 0. The molecule has 0 spiro atoms. The molecule has 3 unspecified atom stereocenters. The Morgan fingerprint density at radius 2 is 2.35 bits per heavy atom. The Morgan fingerprint density at radius 1 is 1.41 bits per heavy atom. The summed E-state index contributed by atoms with van der Waals surface area (Å²) in [5.41, 5.74) is 2.40. The smallest absolute Gasteiger partial charge is 0.0402 e. The normalized spacial score (nSPS) is 31.2. The van der Waals surface area contributed by atoms with Crippen molar-refractivity contribution in [1.29, 1.82) is 0 Å². The van der Waals surface area contributed by atoms with Crippen LogP contribution in [-0.2, 0) is 0 Å². The topological polar surface area (TPSA) is 24.9 Å². The minimum absolute atomic E-state index is 0.434. The fourth-order valence-corrected chi connectivity index (χ4v) is 3.05. The summed E-state index contributed by atoms with van der Waals surface area (Å²) in [6.45, 7) is 4.94. The number of allylic oxidation sites excluding steroid dienone is 1. The molecular weight excluding hydrogens is 208 g/mol. The highest BCUT2D eigenvalue weighted by atomic mass is 15.0. The van der Waals surface area contributed by atoms with Gasteiger partial charge in [-0.15, -0.1) is 0 Å². The van der Waals surface area contributed by atoms with Gasteiger partial charge in [-0.25, -0.2) is 0 Å². The van der Waals surface area contributed by atoms with E-state index in [1.54, 1.807) is 0 Å². The van der Waals surface area contributed by atoms with Crippen LogP contribution in [0.25, 0.3) is 6.08 Å². The molecule has 1 saturated heterocycles. The van der Waals surface area contributed by atoms with Crippen molar-refractivity contribution in [2.75, 3.05) is 6.54 Å². The second-order valence-electron chi connectivity index (χ2n) is 4.98. The van der Waals surface area contributed by atoms with E-state index in [-0.39, 0.29) is 0 Å². The van der Waals surface area contributed by atoms with Crippen molar-refractivity contribution < 1.29 is 0 Å². The highest BCUT2D eigenvalue weighted by molar-refractivity contribution is 5.46. The van der Waals surface area contributed by atoms with Crippen LogP contribution in [0.1, 0.15) is 30.0 Å². The van der Waals surface area contributed by atoms with Gasteiger partial charge in [0.15, 0.2) is 0 Å². The molecule has 1 aromatic heterocycles. The van der Waals surface area contributed by atoms with E-state index in [1.165, 1.54) is 18.4 Å². The maximum absolute atomic E-state index is 4.30. The maximum Gasteiger partial charge on any atom is 0.0402 e. The van der Waals surface area contributed by atoms with Gasteiger partial charge in [-0.3, -0.25) is 4.98 Å². The van der Waals surface area contributed by atoms with Crippen LogP contribution in [0.3, 0.4) is 0 Å². The number of aromatic nitrogens is 1. The van der Waals surface area contributed by atoms with Gasteiger partial charge in [0, 0.05) is 24.4 Å². The van der Waals surface area contributed by atoms with Crippen molar-refractivity contribution in [3.05, 3.63) is 48.3 Å². The molecule has 0 aromatic carbocycles. The molecule has 88 valence electrons. The van der Waals surface area contributed by atoms with Crippen LogP contribution in [0.2, 0.25) is 0 Å². The first-order valence-electron chi connectivity index (χ1n) is 6.36. The summed E-state index contributed by atoms with van der Waals surface area (Å²) in [6.07, 6.45) is 13.0. The fraction of sp³-hybridized carbons (Fsp3) is 0.400. The van der Waals surface area contributed by atoms with E-state index in [9.17, 15) is 0 Å². The molecule has 1 aliphatic carbocycles. The molecule has 0 bridgehead atoms. The van der Waals surface area contributed by atoms with E-state index in [2.05, 4.69) is 35.1 Å². The molecule has 0 amide bonds. The molecule has 2 nitrogen and oxygen atoms in total. The SMILES string of the molecule is C=Cc1cncc(C2NCC3CCC=CC32)c1. The molecule has 0 radical (unpaired) electrons. The van der Waals surface area contributed by atoms with Crippen molar-refractivity contribution in [3.8, 4) is 0 Å². The number of hydrogen-bond donors (Lipinski definition) is 1. The van der Waals surface area contributed by atoms with Crippen LogP contribution in [-0.4, -0.2) is 11.5 Å². The summed E-state index contributed by atoms with van der Waals surface area (Å²) < 4.78 is 0. The Hall–Kier alpha value is -1.41. The molecule has 0 saturated carbocycles. The van der Waals surface area contributed by atoms with Gasteiger partial charge in [0.25, 0.3) is 0 Å². The third-order valence-corrected chi connectivity index (χ3v) is 3.97. The lowest BCUT2D eigenvalue weighted by molar-refractivity contribution is 0.404. The number of nitrogens with one attached hydrogen (secondary N) is 1. The van der Waals surface area contributed by atoms with Crippen LogP contribution in [0.15, 0.2) is 37.2 Å². The molecule has 2 heterocycles. The summed E-state index contributed by atoms with van der Waals surface area (Å²) in [5, 5.41) is 3.64. The molecule has 1 fully saturated rings. The van der Waals surface area contributed by atoms with E-state index < -0.39 is 0 Å². The molecular formula is C15H18N2. The number of fused-ring (bicyclic) bond motifs is 1. The van der Waals surface area contributed by atoms with E-state index in [4.69, 9.17) is 0 Å². The lowest BCUT2D eigenvalue weighted by atomic mass is 9.81. The second kappa shape index (κ2) is 4.46. The van der Waals surface area contributed by atoms with Crippen LogP contribution in [0, 0.1) is 11.8 Å². The average molecular weight is 226 g/mol. The van der Waals surface area contributed by atoms with E-state index in [0.717, 1.165) is 18.0 Å². The Bertz CT molecular complexity index is 450. The maximum atomic E-state index is 4.30. The number of nitrogens with zero attached hydrogens (tertiary/aromatic N) is 1. The van der Waals surface area contributed by atoms with Gasteiger partial charge in [0.2, 0.25) is 0 Å². The van der Waals surface area contributed by atoms with Crippen molar-refractivity contribution >= 4 is 6.08 Å². The minimum atomic E-state index is 0.434. The molecule has 2 aliphatic rings. The molecule has 17 heavy (non-hydrogen) atoms. The zero-order valence-corrected chi connectivity index (χ0v) is 9.97. The predicted octanol–water partition coefficient (Wildman–Crippen LogP) is 2.95. The highest BCUT2D eigenvalue weighted by Crippen LogP contribution is 2.39. The van der Waals surface area contributed by atoms with Crippen molar-refractivity contribution in [2.45, 2.75) is 18.9 Å². The van der Waals surface area contributed by atoms with Gasteiger partial charge in [0.1, 0.15) is 0 Å². The van der Waals surface area contributed by atoms with Crippen LogP contribution in [0.5, 0.6) is 0 Å². The van der Waals surface area contributed by atoms with E-state index in [1.807, 2.05) is 18.5 Å². The molecule has 1 N–H and O–H groups in total. The van der Waals surface area contributed by atoms with Crippen molar-refractivity contribution in [2.24, 2.45) is 11.8 Å². The van der Waals surface area contributed by atoms with Gasteiger partial charge in [-0.05, 0) is 42.5 Å². The fourth-order valence-electron chi connectivity index (χ4n) is 3.05. The van der Waals surface area contributed by atoms with Gasteiger partial charge in [-0.2, -0.15) is 0 Å². The summed E-state index contributed by atoms with van der Waals surface area (Å²) in [5.74, 6) is 1.45. The molecule has 1 aromatic rings.